The first-order valence-electron chi connectivity index (χ1n) is 9.60. The minimum atomic E-state index is -0.980. The summed E-state index contributed by atoms with van der Waals surface area (Å²) < 4.78 is 5.40. The van der Waals surface area contributed by atoms with Gasteiger partial charge in [0.1, 0.15) is 11.6 Å². The fraction of sp³-hybridized carbons (Fsp3) is 0.391. The topological polar surface area (TPSA) is 66.8 Å². The van der Waals surface area contributed by atoms with Gasteiger partial charge in [0.15, 0.2) is 0 Å². The van der Waals surface area contributed by atoms with Crippen LogP contribution in [0.3, 0.4) is 0 Å². The molecule has 5 nitrogen and oxygen atoms in total. The minimum absolute atomic E-state index is 0.0830. The molecule has 0 bridgehead atoms. The third-order valence-electron chi connectivity index (χ3n) is 4.86. The van der Waals surface area contributed by atoms with Crippen molar-refractivity contribution in [3.63, 3.8) is 0 Å². The molecule has 3 rings (SSSR count). The number of benzene rings is 2. The van der Waals surface area contributed by atoms with Crippen molar-refractivity contribution >= 4 is 12.1 Å². The molecule has 2 aromatic rings. The van der Waals surface area contributed by atoms with Crippen molar-refractivity contribution in [1.29, 1.82) is 0 Å². The van der Waals surface area contributed by atoms with Gasteiger partial charge >= 0.3 is 12.1 Å². The van der Waals surface area contributed by atoms with E-state index in [1.807, 2.05) is 24.3 Å². The summed E-state index contributed by atoms with van der Waals surface area (Å²) >= 11 is 0. The minimum Gasteiger partial charge on any atom is -0.480 e. The summed E-state index contributed by atoms with van der Waals surface area (Å²) in [5.41, 5.74) is 2.77. The quantitative estimate of drug-likeness (QED) is 0.840. The van der Waals surface area contributed by atoms with E-state index in [-0.39, 0.29) is 5.92 Å². The molecule has 1 fully saturated rings. The lowest BCUT2D eigenvalue weighted by molar-refractivity contribution is -0.142. The fourth-order valence-electron chi connectivity index (χ4n) is 3.67. The number of carboxylic acid groups (broad SMARTS) is 1. The van der Waals surface area contributed by atoms with E-state index in [1.54, 1.807) is 20.8 Å². The second kappa shape index (κ2) is 8.05. The van der Waals surface area contributed by atoms with Crippen molar-refractivity contribution < 1.29 is 19.4 Å². The number of nitrogens with zero attached hydrogens (tertiary/aromatic N) is 1. The largest absolute Gasteiger partial charge is 0.480 e. The maximum Gasteiger partial charge on any atom is 0.411 e. The van der Waals surface area contributed by atoms with Crippen LogP contribution in [0.15, 0.2) is 54.6 Å². The Labute approximate surface area is 165 Å². The van der Waals surface area contributed by atoms with Crippen LogP contribution < -0.4 is 0 Å². The monoisotopic (exact) mass is 381 g/mol. The lowest BCUT2D eigenvalue weighted by atomic mass is 9.94. The molecule has 28 heavy (non-hydrogen) atoms. The zero-order chi connectivity index (χ0) is 20.3. The first-order valence-corrected chi connectivity index (χ1v) is 9.60. The van der Waals surface area contributed by atoms with Crippen LogP contribution in [0.2, 0.25) is 0 Å². The van der Waals surface area contributed by atoms with Gasteiger partial charge in [0.05, 0.1) is 0 Å². The fourth-order valence-corrected chi connectivity index (χ4v) is 3.67. The first-order chi connectivity index (χ1) is 13.2. The standard InChI is InChI=1S/C23H27NO4/c1-23(2,3)28-22(27)24-15-17(14-20(24)21(25)26)12-16-8-7-11-19(13-16)18-9-5-4-6-10-18/h4-11,13,17,20H,12,14-15H2,1-3H3,(H,25,26). The Kier molecular flexibility index (Phi) is 5.73. The van der Waals surface area contributed by atoms with Gasteiger partial charge in [-0.15, -0.1) is 0 Å². The molecule has 1 amide bonds. The van der Waals surface area contributed by atoms with Crippen molar-refractivity contribution in [1.82, 2.24) is 4.90 Å². The number of hydrogen-bond donors (Lipinski definition) is 1. The average molecular weight is 381 g/mol. The highest BCUT2D eigenvalue weighted by atomic mass is 16.6. The molecule has 0 spiro atoms. The Balaban J connectivity index is 1.73. The van der Waals surface area contributed by atoms with Gasteiger partial charge in [-0.3, -0.25) is 4.90 Å². The smallest absolute Gasteiger partial charge is 0.411 e. The Morgan fingerprint density at radius 3 is 2.39 bits per heavy atom. The highest BCUT2D eigenvalue weighted by molar-refractivity contribution is 5.81. The number of ether oxygens (including phenoxy) is 1. The van der Waals surface area contributed by atoms with E-state index in [0.29, 0.717) is 13.0 Å². The highest BCUT2D eigenvalue weighted by Gasteiger charge is 2.41. The van der Waals surface area contributed by atoms with Crippen LogP contribution >= 0.6 is 0 Å². The number of amides is 1. The summed E-state index contributed by atoms with van der Waals surface area (Å²) in [5, 5.41) is 9.56. The van der Waals surface area contributed by atoms with Crippen LogP contribution in [0.5, 0.6) is 0 Å². The molecule has 148 valence electrons. The number of carbonyl (C=O) groups excluding carboxylic acids is 1. The number of carboxylic acids is 1. The van der Waals surface area contributed by atoms with Crippen molar-refractivity contribution in [2.75, 3.05) is 6.54 Å². The van der Waals surface area contributed by atoms with Crippen molar-refractivity contribution in [3.05, 3.63) is 60.2 Å². The molecule has 2 unspecified atom stereocenters. The number of likely N-dealkylation sites (tertiary alicyclic amines) is 1. The summed E-state index contributed by atoms with van der Waals surface area (Å²) in [6.07, 6.45) is 0.605. The molecule has 0 saturated carbocycles. The van der Waals surface area contributed by atoms with Crippen molar-refractivity contribution in [2.24, 2.45) is 5.92 Å². The number of hydrogen-bond acceptors (Lipinski definition) is 3. The maximum atomic E-state index is 12.5. The summed E-state index contributed by atoms with van der Waals surface area (Å²) in [5.74, 6) is -0.897. The van der Waals surface area contributed by atoms with E-state index < -0.39 is 23.7 Å². The van der Waals surface area contributed by atoms with Gasteiger partial charge in [-0.1, -0.05) is 54.6 Å². The van der Waals surface area contributed by atoms with Crippen molar-refractivity contribution in [3.8, 4) is 11.1 Å². The second-order valence-electron chi connectivity index (χ2n) is 8.36. The zero-order valence-corrected chi connectivity index (χ0v) is 16.6. The molecule has 0 aliphatic carbocycles. The van der Waals surface area contributed by atoms with Gasteiger partial charge in [-0.2, -0.15) is 0 Å². The van der Waals surface area contributed by atoms with Crippen LogP contribution in [0, 0.1) is 5.92 Å². The molecule has 1 aliphatic heterocycles. The van der Waals surface area contributed by atoms with Gasteiger partial charge < -0.3 is 9.84 Å². The van der Waals surface area contributed by atoms with Gasteiger partial charge in [-0.05, 0) is 56.2 Å². The maximum absolute atomic E-state index is 12.5. The van der Waals surface area contributed by atoms with E-state index in [1.165, 1.54) is 4.90 Å². The first kappa shape index (κ1) is 19.9. The highest BCUT2D eigenvalue weighted by Crippen LogP contribution is 2.29. The van der Waals surface area contributed by atoms with E-state index in [2.05, 4.69) is 30.3 Å². The Bertz CT molecular complexity index is 841. The Hall–Kier alpha value is -2.82. The van der Waals surface area contributed by atoms with Gasteiger partial charge in [-0.25, -0.2) is 9.59 Å². The summed E-state index contributed by atoms with van der Waals surface area (Å²) in [4.78, 5) is 25.5. The van der Waals surface area contributed by atoms with E-state index in [9.17, 15) is 14.7 Å². The predicted molar refractivity (Wildman–Crippen MR) is 108 cm³/mol. The SMILES string of the molecule is CC(C)(C)OC(=O)N1CC(Cc2cccc(-c3ccccc3)c2)CC1C(=O)O. The normalized spacial score (nSPS) is 19.5. The molecule has 1 heterocycles. The number of aliphatic carboxylic acids is 1. The van der Waals surface area contributed by atoms with Crippen molar-refractivity contribution in [2.45, 2.75) is 45.3 Å². The molecule has 0 radical (unpaired) electrons. The van der Waals surface area contributed by atoms with Crippen LogP contribution in [0.25, 0.3) is 11.1 Å². The molecular formula is C23H27NO4. The molecule has 5 heteroatoms. The predicted octanol–water partition coefficient (Wildman–Crippen LogP) is 4.61. The van der Waals surface area contributed by atoms with Gasteiger partial charge in [0.25, 0.3) is 0 Å². The zero-order valence-electron chi connectivity index (χ0n) is 16.6. The molecule has 1 aliphatic rings. The summed E-state index contributed by atoms with van der Waals surface area (Å²) in [7, 11) is 0. The molecule has 0 aromatic heterocycles. The van der Waals surface area contributed by atoms with Crippen LogP contribution in [0.4, 0.5) is 4.79 Å². The second-order valence-corrected chi connectivity index (χ2v) is 8.36. The van der Waals surface area contributed by atoms with Crippen LogP contribution in [-0.2, 0) is 16.0 Å². The van der Waals surface area contributed by atoms with E-state index >= 15 is 0 Å². The molecule has 2 atom stereocenters. The lowest BCUT2D eigenvalue weighted by Crippen LogP contribution is -2.43. The Morgan fingerprint density at radius 2 is 1.75 bits per heavy atom. The molecular weight excluding hydrogens is 354 g/mol. The van der Waals surface area contributed by atoms with E-state index in [0.717, 1.165) is 23.1 Å². The summed E-state index contributed by atoms with van der Waals surface area (Å²) in [6, 6.07) is 17.6. The molecule has 2 aromatic carbocycles. The number of rotatable bonds is 4. The Morgan fingerprint density at radius 1 is 1.07 bits per heavy atom. The van der Waals surface area contributed by atoms with Gasteiger partial charge in [0.2, 0.25) is 0 Å². The third kappa shape index (κ3) is 4.91. The lowest BCUT2D eigenvalue weighted by Gasteiger charge is -2.26. The average Bonchev–Trinajstić information content (AvgIpc) is 3.06. The number of carbonyl (C=O) groups is 2. The van der Waals surface area contributed by atoms with Crippen LogP contribution in [-0.4, -0.2) is 40.3 Å². The molecule has 1 saturated heterocycles. The third-order valence-corrected chi connectivity index (χ3v) is 4.86. The van der Waals surface area contributed by atoms with Gasteiger partial charge in [0, 0.05) is 6.54 Å². The van der Waals surface area contributed by atoms with Crippen LogP contribution in [0.1, 0.15) is 32.8 Å². The molecule has 1 N–H and O–H groups in total. The summed E-state index contributed by atoms with van der Waals surface area (Å²) in [6.45, 7) is 5.73. The van der Waals surface area contributed by atoms with E-state index in [4.69, 9.17) is 4.74 Å².